The molecule has 0 heterocycles. The van der Waals surface area contributed by atoms with Crippen molar-refractivity contribution in [2.45, 2.75) is 20.8 Å². The molecule has 0 spiro atoms. The number of carbonyl (C=O) groups is 2. The van der Waals surface area contributed by atoms with Crippen molar-refractivity contribution in [2.75, 3.05) is 13.7 Å². The Morgan fingerprint density at radius 3 is 2.57 bits per heavy atom. The predicted octanol–water partition coefficient (Wildman–Crippen LogP) is 2.67. The summed E-state index contributed by atoms with van der Waals surface area (Å²) < 4.78 is 15.4. The van der Waals surface area contributed by atoms with Crippen LogP contribution in [0.3, 0.4) is 0 Å². The lowest BCUT2D eigenvalue weighted by Gasteiger charge is -2.10. The maximum absolute atomic E-state index is 12.0. The van der Waals surface area contributed by atoms with Crippen LogP contribution in [-0.4, -0.2) is 36.7 Å². The van der Waals surface area contributed by atoms with Crippen LogP contribution in [-0.2, 0) is 9.59 Å². The third-order valence-corrected chi connectivity index (χ3v) is 4.07. The monoisotopic (exact) mass is 415 g/mol. The normalized spacial score (nSPS) is 10.5. The first-order valence-corrected chi connectivity index (χ1v) is 8.79. The van der Waals surface area contributed by atoms with Crippen LogP contribution in [0.15, 0.2) is 35.4 Å². The minimum Gasteiger partial charge on any atom is -0.488 e. The van der Waals surface area contributed by atoms with Crippen LogP contribution in [0, 0.1) is 24.0 Å². The number of esters is 1. The van der Waals surface area contributed by atoms with Crippen molar-refractivity contribution in [1.82, 2.24) is 5.43 Å². The zero-order chi connectivity index (χ0) is 22.3. The fourth-order valence-corrected chi connectivity index (χ4v) is 2.52. The van der Waals surface area contributed by atoms with Gasteiger partial charge in [-0.25, -0.2) is 5.43 Å². The van der Waals surface area contributed by atoms with Crippen LogP contribution in [0.5, 0.6) is 17.2 Å². The van der Waals surface area contributed by atoms with E-state index in [-0.39, 0.29) is 23.7 Å². The maximum Gasteiger partial charge on any atom is 0.323 e. The molecule has 0 atom stereocenters. The smallest absolute Gasteiger partial charge is 0.323 e. The molecule has 0 bridgehead atoms. The van der Waals surface area contributed by atoms with Crippen molar-refractivity contribution in [2.24, 2.45) is 5.10 Å². The zero-order valence-corrected chi connectivity index (χ0v) is 16.9. The van der Waals surface area contributed by atoms with Crippen LogP contribution in [0.4, 0.5) is 5.69 Å². The summed E-state index contributed by atoms with van der Waals surface area (Å²) in [6, 6.07) is 8.15. The number of ether oxygens (including phenoxy) is 3. The average molecular weight is 415 g/mol. The summed E-state index contributed by atoms with van der Waals surface area (Å²) in [6.07, 6.45) is 1.09. The van der Waals surface area contributed by atoms with Gasteiger partial charge in [0.2, 0.25) is 5.75 Å². The summed E-state index contributed by atoms with van der Waals surface area (Å²) in [6.45, 7) is 4.70. The van der Waals surface area contributed by atoms with Crippen molar-refractivity contribution in [1.29, 1.82) is 0 Å². The average Bonchev–Trinajstić information content (AvgIpc) is 2.69. The summed E-state index contributed by atoms with van der Waals surface area (Å²) in [5, 5.41) is 15.2. The van der Waals surface area contributed by atoms with E-state index < -0.39 is 22.5 Å². The first kappa shape index (κ1) is 22.3. The number of nitrogens with zero attached hydrogens (tertiary/aromatic N) is 2. The number of amides is 1. The highest BCUT2D eigenvalue weighted by molar-refractivity contribution is 5.90. The van der Waals surface area contributed by atoms with Gasteiger partial charge in [-0.2, -0.15) is 5.10 Å². The van der Waals surface area contributed by atoms with Gasteiger partial charge in [0, 0.05) is 6.92 Å². The molecule has 1 amide bonds. The highest BCUT2D eigenvalue weighted by atomic mass is 16.6. The van der Waals surface area contributed by atoms with E-state index in [0.717, 1.165) is 24.3 Å². The molecule has 0 saturated carbocycles. The predicted molar refractivity (Wildman–Crippen MR) is 108 cm³/mol. The molecule has 0 radical (unpaired) electrons. The molecule has 0 aliphatic rings. The van der Waals surface area contributed by atoms with Crippen molar-refractivity contribution in [3.05, 3.63) is 57.1 Å². The summed E-state index contributed by atoms with van der Waals surface area (Å²) >= 11 is 0. The molecular formula is C20H21N3O7. The van der Waals surface area contributed by atoms with Crippen LogP contribution in [0.1, 0.15) is 23.6 Å². The molecule has 0 fully saturated rings. The lowest BCUT2D eigenvalue weighted by Crippen LogP contribution is -2.24. The molecule has 2 aromatic carbocycles. The Morgan fingerprint density at radius 1 is 1.20 bits per heavy atom. The van der Waals surface area contributed by atoms with E-state index >= 15 is 0 Å². The first-order valence-electron chi connectivity index (χ1n) is 8.79. The number of hydrogen-bond acceptors (Lipinski definition) is 8. The van der Waals surface area contributed by atoms with Crippen molar-refractivity contribution in [3.63, 3.8) is 0 Å². The maximum atomic E-state index is 12.0. The highest BCUT2D eigenvalue weighted by Gasteiger charge is 2.25. The number of benzene rings is 2. The largest absolute Gasteiger partial charge is 0.488 e. The number of hydrazone groups is 1. The van der Waals surface area contributed by atoms with Gasteiger partial charge in [-0.05, 0) is 43.2 Å². The van der Waals surface area contributed by atoms with Crippen LogP contribution >= 0.6 is 0 Å². The summed E-state index contributed by atoms with van der Waals surface area (Å²) in [4.78, 5) is 33.9. The van der Waals surface area contributed by atoms with E-state index in [1.165, 1.54) is 19.2 Å². The zero-order valence-electron chi connectivity index (χ0n) is 16.9. The fourth-order valence-electron chi connectivity index (χ4n) is 2.52. The van der Waals surface area contributed by atoms with Gasteiger partial charge >= 0.3 is 11.7 Å². The van der Waals surface area contributed by atoms with Crippen LogP contribution in [0.2, 0.25) is 0 Å². The van der Waals surface area contributed by atoms with E-state index in [0.29, 0.717) is 5.75 Å². The molecule has 2 aromatic rings. The third-order valence-electron chi connectivity index (χ3n) is 4.07. The first-order chi connectivity index (χ1) is 14.2. The third kappa shape index (κ3) is 5.53. The number of methoxy groups -OCH3 is 1. The molecule has 10 nitrogen and oxygen atoms in total. The van der Waals surface area contributed by atoms with E-state index in [1.54, 1.807) is 6.07 Å². The molecule has 10 heteroatoms. The lowest BCUT2D eigenvalue weighted by molar-refractivity contribution is -0.385. The molecular weight excluding hydrogens is 394 g/mol. The molecule has 0 saturated heterocycles. The van der Waals surface area contributed by atoms with Gasteiger partial charge in [-0.1, -0.05) is 12.1 Å². The number of nitrogens with one attached hydrogen (secondary N) is 1. The Hall–Kier alpha value is -3.95. The second-order valence-electron chi connectivity index (χ2n) is 6.17. The summed E-state index contributed by atoms with van der Waals surface area (Å²) in [7, 11) is 1.21. The number of carbonyl (C=O) groups excluding carboxylic acids is 2. The van der Waals surface area contributed by atoms with Crippen molar-refractivity contribution < 1.29 is 28.7 Å². The van der Waals surface area contributed by atoms with Crippen LogP contribution in [0.25, 0.3) is 0 Å². The molecule has 0 aliphatic carbocycles. The second kappa shape index (κ2) is 10.0. The van der Waals surface area contributed by atoms with Gasteiger partial charge in [0.1, 0.15) is 5.75 Å². The van der Waals surface area contributed by atoms with Crippen molar-refractivity contribution >= 4 is 23.8 Å². The Balaban J connectivity index is 2.11. The van der Waals surface area contributed by atoms with Gasteiger partial charge in [-0.15, -0.1) is 0 Å². The Morgan fingerprint density at radius 2 is 1.93 bits per heavy atom. The van der Waals surface area contributed by atoms with Gasteiger partial charge < -0.3 is 14.2 Å². The fraction of sp³-hybridized carbons (Fsp3) is 0.250. The van der Waals surface area contributed by atoms with E-state index in [4.69, 9.17) is 14.2 Å². The van der Waals surface area contributed by atoms with E-state index in [2.05, 4.69) is 10.5 Å². The Kier molecular flexibility index (Phi) is 7.45. The number of hydrogen-bond donors (Lipinski definition) is 1. The summed E-state index contributed by atoms with van der Waals surface area (Å²) in [5.41, 5.74) is 3.78. The second-order valence-corrected chi connectivity index (χ2v) is 6.17. The molecule has 0 unspecified atom stereocenters. The van der Waals surface area contributed by atoms with Gasteiger partial charge in [0.25, 0.3) is 5.91 Å². The SMILES string of the molecule is COc1c(OC(C)=O)ccc(/C=N\NC(=O)COc2cccc(C)c2C)c1[N+](=O)[O-]. The molecule has 2 rings (SSSR count). The number of nitro groups is 1. The molecule has 1 N–H and O–H groups in total. The minimum atomic E-state index is -0.696. The standard InChI is InChI=1S/C20H21N3O7/c1-12-6-5-7-16(13(12)2)29-11-18(25)22-21-10-15-8-9-17(30-14(3)24)20(28-4)19(15)23(26)27/h5-10H,11H2,1-4H3,(H,22,25)/b21-10-. The van der Waals surface area contributed by atoms with E-state index in [1.807, 2.05) is 26.0 Å². The topological polar surface area (TPSA) is 129 Å². The lowest BCUT2D eigenvalue weighted by atomic mass is 10.1. The van der Waals surface area contributed by atoms with Gasteiger partial charge in [0.05, 0.1) is 23.8 Å². The Labute approximate surface area is 172 Å². The van der Waals surface area contributed by atoms with Gasteiger partial charge in [0.15, 0.2) is 12.4 Å². The van der Waals surface area contributed by atoms with Crippen molar-refractivity contribution in [3.8, 4) is 17.2 Å². The van der Waals surface area contributed by atoms with E-state index in [9.17, 15) is 19.7 Å². The number of aryl methyl sites for hydroxylation is 1. The Bertz CT molecular complexity index is 1000. The molecule has 0 aromatic heterocycles. The van der Waals surface area contributed by atoms with Gasteiger partial charge in [-0.3, -0.25) is 19.7 Å². The molecule has 30 heavy (non-hydrogen) atoms. The molecule has 0 aliphatic heterocycles. The highest BCUT2D eigenvalue weighted by Crippen LogP contribution is 2.39. The number of nitro benzene ring substituents is 1. The minimum absolute atomic E-state index is 0.0449. The molecule has 158 valence electrons. The summed E-state index contributed by atoms with van der Waals surface area (Å²) in [5.74, 6) is -0.947. The van der Waals surface area contributed by atoms with Crippen LogP contribution < -0.4 is 19.6 Å². The quantitative estimate of drug-likeness (QED) is 0.231. The number of rotatable bonds is 8.